The molecule has 0 saturated heterocycles. The van der Waals surface area contributed by atoms with E-state index in [0.717, 1.165) is 0 Å². The number of hydrogen-bond donors (Lipinski definition) is 0. The molecule has 0 spiro atoms. The lowest BCUT2D eigenvalue weighted by molar-refractivity contribution is -0.386. The van der Waals surface area contributed by atoms with Gasteiger partial charge in [0, 0.05) is 37.0 Å². The molecule has 0 saturated carbocycles. The third-order valence-corrected chi connectivity index (χ3v) is 5.58. The van der Waals surface area contributed by atoms with E-state index < -0.39 is 115 Å². The SMILES string of the molecule is C=CC(=O)OC(c1cc(C(OC)(C(F)(F)F)C(F)(F)F)cc(C(OC)(C(F)(F)F)C(F)(F)F)c1)(C(F)(F)F)C(F)(F)F. The fourth-order valence-electron chi connectivity index (χ4n) is 3.77. The van der Waals surface area contributed by atoms with Gasteiger partial charge in [-0.05, 0) is 18.2 Å². The minimum atomic E-state index is -7.24. The molecule has 0 bridgehead atoms. The monoisotopic (exact) mass is 658 g/mol. The second-order valence-corrected chi connectivity index (χ2v) is 7.86. The van der Waals surface area contributed by atoms with Gasteiger partial charge in [-0.15, -0.1) is 0 Å². The summed E-state index contributed by atoms with van der Waals surface area (Å²) in [5.41, 5.74) is -28.6. The first kappa shape index (κ1) is 37.1. The Kier molecular flexibility index (Phi) is 9.43. The molecule has 0 heterocycles. The number of carbonyl (C=O) groups excluding carboxylic acids is 1. The lowest BCUT2D eigenvalue weighted by Crippen LogP contribution is -2.59. The molecule has 0 aliphatic rings. The van der Waals surface area contributed by atoms with Crippen LogP contribution in [0.15, 0.2) is 30.9 Å². The van der Waals surface area contributed by atoms with Crippen molar-refractivity contribution >= 4 is 5.97 Å². The molecule has 0 radical (unpaired) electrons. The summed E-state index contributed by atoms with van der Waals surface area (Å²) in [4.78, 5) is 11.5. The zero-order valence-electron chi connectivity index (χ0n) is 20.0. The Morgan fingerprint density at radius 2 is 0.738 bits per heavy atom. The number of carbonyl (C=O) groups is 1. The van der Waals surface area contributed by atoms with Gasteiger partial charge in [-0.3, -0.25) is 0 Å². The number of alkyl halides is 18. The molecule has 22 heteroatoms. The van der Waals surface area contributed by atoms with Crippen LogP contribution in [0.1, 0.15) is 16.7 Å². The summed E-state index contributed by atoms with van der Waals surface area (Å²) in [7, 11) is -1.02. The van der Waals surface area contributed by atoms with Gasteiger partial charge in [0.2, 0.25) is 0 Å². The predicted octanol–water partition coefficient (Wildman–Crippen LogP) is 7.67. The van der Waals surface area contributed by atoms with Crippen LogP contribution in [0.25, 0.3) is 0 Å². The zero-order chi connectivity index (χ0) is 33.8. The first-order chi connectivity index (χ1) is 18.4. The van der Waals surface area contributed by atoms with Gasteiger partial charge in [0.15, 0.2) is 0 Å². The average molecular weight is 658 g/mol. The smallest absolute Gasteiger partial charge is 0.431 e. The maximum absolute atomic E-state index is 14.0. The molecule has 0 atom stereocenters. The second-order valence-electron chi connectivity index (χ2n) is 7.86. The molecule has 42 heavy (non-hydrogen) atoms. The highest BCUT2D eigenvalue weighted by molar-refractivity contribution is 5.82. The molecule has 242 valence electrons. The number of ether oxygens (including phenoxy) is 3. The van der Waals surface area contributed by atoms with Crippen molar-refractivity contribution in [3.05, 3.63) is 47.5 Å². The van der Waals surface area contributed by atoms with Gasteiger partial charge in [0.1, 0.15) is 0 Å². The van der Waals surface area contributed by atoms with E-state index in [2.05, 4.69) is 20.8 Å². The summed E-state index contributed by atoms with van der Waals surface area (Å²) in [6, 6.07) is -4.07. The van der Waals surface area contributed by atoms with E-state index in [-0.39, 0.29) is 0 Å². The quantitative estimate of drug-likeness (QED) is 0.172. The Hall–Kier alpha value is -2.91. The van der Waals surface area contributed by atoms with Crippen molar-refractivity contribution in [3.8, 4) is 0 Å². The Balaban J connectivity index is 4.90. The van der Waals surface area contributed by atoms with E-state index in [9.17, 15) is 83.8 Å². The van der Waals surface area contributed by atoms with Crippen molar-refractivity contribution in [3.63, 3.8) is 0 Å². The molecule has 0 amide bonds. The Morgan fingerprint density at radius 3 is 0.905 bits per heavy atom. The zero-order valence-corrected chi connectivity index (χ0v) is 20.0. The van der Waals surface area contributed by atoms with Crippen LogP contribution in [-0.2, 0) is 35.8 Å². The van der Waals surface area contributed by atoms with Gasteiger partial charge in [0.05, 0.1) is 0 Å². The molecule has 0 N–H and O–H groups in total. The Bertz CT molecular complexity index is 1050. The van der Waals surface area contributed by atoms with Crippen molar-refractivity contribution in [1.82, 2.24) is 0 Å². The highest BCUT2D eigenvalue weighted by atomic mass is 19.4. The maximum Gasteiger partial charge on any atom is 0.442 e. The van der Waals surface area contributed by atoms with Crippen LogP contribution in [-0.4, -0.2) is 57.2 Å². The third kappa shape index (κ3) is 5.46. The molecule has 4 nitrogen and oxygen atoms in total. The van der Waals surface area contributed by atoms with Gasteiger partial charge < -0.3 is 14.2 Å². The van der Waals surface area contributed by atoms with Gasteiger partial charge in [-0.2, -0.15) is 79.0 Å². The lowest BCUT2D eigenvalue weighted by Gasteiger charge is -2.41. The van der Waals surface area contributed by atoms with Gasteiger partial charge in [-0.1, -0.05) is 6.58 Å². The molecule has 1 aromatic rings. The van der Waals surface area contributed by atoms with E-state index >= 15 is 0 Å². The van der Waals surface area contributed by atoms with E-state index in [1.54, 1.807) is 0 Å². The van der Waals surface area contributed by atoms with Crippen molar-refractivity contribution in [2.24, 2.45) is 0 Å². The highest BCUT2D eigenvalue weighted by Crippen LogP contribution is 2.59. The molecule has 1 aromatic carbocycles. The predicted molar refractivity (Wildman–Crippen MR) is 98.1 cm³/mol. The van der Waals surface area contributed by atoms with Crippen molar-refractivity contribution in [2.45, 2.75) is 53.9 Å². The average Bonchev–Trinajstić information content (AvgIpc) is 2.72. The molecule has 0 aliphatic carbocycles. The number of hydrogen-bond acceptors (Lipinski definition) is 4. The third-order valence-electron chi connectivity index (χ3n) is 5.58. The van der Waals surface area contributed by atoms with E-state index in [4.69, 9.17) is 0 Å². The summed E-state index contributed by atoms with van der Waals surface area (Å²) in [6.45, 7) is 2.43. The van der Waals surface area contributed by atoms with Crippen LogP contribution < -0.4 is 0 Å². The van der Waals surface area contributed by atoms with Crippen LogP contribution in [0.5, 0.6) is 0 Å². The van der Waals surface area contributed by atoms with Crippen LogP contribution in [0.2, 0.25) is 0 Å². The number of methoxy groups -OCH3 is 2. The first-order valence-electron chi connectivity index (χ1n) is 9.92. The molecule has 1 rings (SSSR count). The molecular weight excluding hydrogens is 646 g/mol. The first-order valence-corrected chi connectivity index (χ1v) is 9.92. The number of rotatable bonds is 7. The molecular formula is C20H12F18O4. The summed E-state index contributed by atoms with van der Waals surface area (Å²) < 4.78 is 260. The Labute approximate surface area is 220 Å². The second kappa shape index (κ2) is 10.7. The molecule has 0 unspecified atom stereocenters. The van der Waals surface area contributed by atoms with Crippen LogP contribution in [0.4, 0.5) is 79.0 Å². The van der Waals surface area contributed by atoms with Crippen molar-refractivity contribution < 1.29 is 98.0 Å². The van der Waals surface area contributed by atoms with Gasteiger partial charge in [0.25, 0.3) is 11.2 Å². The summed E-state index contributed by atoms with van der Waals surface area (Å²) >= 11 is 0. The molecule has 0 fully saturated rings. The van der Waals surface area contributed by atoms with Crippen molar-refractivity contribution in [1.29, 1.82) is 0 Å². The maximum atomic E-state index is 14.0. The van der Waals surface area contributed by atoms with Crippen LogP contribution in [0.3, 0.4) is 0 Å². The van der Waals surface area contributed by atoms with Gasteiger partial charge >= 0.3 is 48.6 Å². The fraction of sp³-hybridized carbons (Fsp3) is 0.550. The summed E-state index contributed by atoms with van der Waals surface area (Å²) in [5, 5.41) is 0. The minimum absolute atomic E-state index is 0.452. The largest absolute Gasteiger partial charge is 0.442 e. The van der Waals surface area contributed by atoms with Crippen molar-refractivity contribution in [2.75, 3.05) is 14.2 Å². The fourth-order valence-corrected chi connectivity index (χ4v) is 3.77. The van der Waals surface area contributed by atoms with E-state index in [1.807, 2.05) is 0 Å². The summed E-state index contributed by atoms with van der Waals surface area (Å²) in [5.74, 6) is -2.77. The van der Waals surface area contributed by atoms with E-state index in [0.29, 0.717) is 0 Å². The highest BCUT2D eigenvalue weighted by Gasteiger charge is 2.79. The standard InChI is InChI=1S/C20H12F18O4/c1-4-11(39)42-14(19(33,34)35,20(36,37)38)10-6-8(12(40-2,15(21,22)23)16(24,25)26)5-9(7-10)13(41-3,17(27,28)29)18(30,31)32/h4-7H,1H2,2-3H3. The molecule has 0 aliphatic heterocycles. The Morgan fingerprint density at radius 1 is 0.524 bits per heavy atom. The van der Waals surface area contributed by atoms with E-state index in [1.165, 1.54) is 0 Å². The van der Waals surface area contributed by atoms with Crippen LogP contribution >= 0.6 is 0 Å². The molecule has 0 aromatic heterocycles. The van der Waals surface area contributed by atoms with Gasteiger partial charge in [-0.25, -0.2) is 4.79 Å². The number of halogens is 18. The number of esters is 1. The topological polar surface area (TPSA) is 44.8 Å². The normalized spacial score (nSPS) is 15.0. The minimum Gasteiger partial charge on any atom is -0.431 e. The van der Waals surface area contributed by atoms with Crippen LogP contribution in [0, 0.1) is 0 Å². The lowest BCUT2D eigenvalue weighted by atomic mass is 9.79. The summed E-state index contributed by atoms with van der Waals surface area (Å²) in [6.07, 6.45) is -43.1. The number of benzene rings is 1.